The Hall–Kier alpha value is -3.38. The van der Waals surface area contributed by atoms with Crippen LogP contribution in [0.4, 0.5) is 5.69 Å². The monoisotopic (exact) mass is 442 g/mol. The lowest BCUT2D eigenvalue weighted by Gasteiger charge is -2.16. The average Bonchev–Trinajstić information content (AvgIpc) is 3.48. The number of carbonyl (C=O) groups excluding carboxylic acids is 1. The zero-order chi connectivity index (χ0) is 21.3. The van der Waals surface area contributed by atoms with Crippen molar-refractivity contribution in [1.82, 2.24) is 35.0 Å². The molecular weight excluding hydrogens is 424 g/mol. The maximum absolute atomic E-state index is 13.0. The molecule has 0 saturated carbocycles. The van der Waals surface area contributed by atoms with E-state index in [1.54, 1.807) is 48.4 Å². The molecule has 3 heterocycles. The molecule has 1 atom stereocenters. The Morgan fingerprint density at radius 1 is 1.37 bits per heavy atom. The van der Waals surface area contributed by atoms with E-state index in [1.165, 1.54) is 11.3 Å². The van der Waals surface area contributed by atoms with Crippen molar-refractivity contribution in [1.29, 1.82) is 0 Å². The van der Waals surface area contributed by atoms with Gasteiger partial charge in [-0.15, -0.1) is 16.4 Å². The minimum absolute atomic E-state index is 0.241. The third kappa shape index (κ3) is 3.62. The van der Waals surface area contributed by atoms with Crippen molar-refractivity contribution < 1.29 is 9.53 Å². The fourth-order valence-electron chi connectivity index (χ4n) is 3.00. The molecule has 1 unspecified atom stereocenters. The summed E-state index contributed by atoms with van der Waals surface area (Å²) >= 11 is 6.88. The Bertz CT molecular complexity index is 1240. The topological polar surface area (TPSA) is 116 Å². The zero-order valence-corrected chi connectivity index (χ0v) is 18.0. The molecule has 2 N–H and O–H groups in total. The van der Waals surface area contributed by atoms with Crippen LogP contribution in [-0.2, 0) is 4.79 Å². The molecule has 1 amide bonds. The van der Waals surface area contributed by atoms with Crippen molar-refractivity contribution in [3.63, 3.8) is 0 Å². The molecule has 4 rings (SSSR count). The molecule has 1 aromatic carbocycles. The smallest absolute Gasteiger partial charge is 0.247 e. The lowest BCUT2D eigenvalue weighted by Crippen LogP contribution is -2.24. The number of aromatic amines is 1. The van der Waals surface area contributed by atoms with Gasteiger partial charge < -0.3 is 10.1 Å². The van der Waals surface area contributed by atoms with Gasteiger partial charge in [0.05, 0.1) is 12.0 Å². The van der Waals surface area contributed by atoms with Crippen molar-refractivity contribution in [3.05, 3.63) is 46.3 Å². The summed E-state index contributed by atoms with van der Waals surface area (Å²) in [6, 6.07) is 8.52. The van der Waals surface area contributed by atoms with E-state index in [1.807, 2.05) is 17.5 Å². The number of nitrogens with one attached hydrogen (secondary N) is 2. The third-order valence-corrected chi connectivity index (χ3v) is 5.67. The fourth-order valence-corrected chi connectivity index (χ4v) is 4.00. The van der Waals surface area contributed by atoms with E-state index in [0.29, 0.717) is 33.5 Å². The van der Waals surface area contributed by atoms with Crippen LogP contribution in [0.3, 0.4) is 0 Å². The number of carbonyl (C=O) groups is 1. The number of anilines is 1. The molecule has 3 aromatic heterocycles. The van der Waals surface area contributed by atoms with E-state index in [-0.39, 0.29) is 5.91 Å². The quantitative estimate of drug-likeness (QED) is 0.441. The lowest BCUT2D eigenvalue weighted by molar-refractivity contribution is -0.118. The third-order valence-electron chi connectivity index (χ3n) is 4.51. The summed E-state index contributed by atoms with van der Waals surface area (Å²) in [7, 11) is 1.56. The highest BCUT2D eigenvalue weighted by Crippen LogP contribution is 2.28. The van der Waals surface area contributed by atoms with E-state index in [4.69, 9.17) is 17.0 Å². The van der Waals surface area contributed by atoms with E-state index < -0.39 is 6.04 Å². The number of rotatable bonds is 6. The molecule has 0 aliphatic heterocycles. The van der Waals surface area contributed by atoms with Gasteiger partial charge in [-0.1, -0.05) is 6.07 Å². The molecule has 10 nitrogen and oxygen atoms in total. The van der Waals surface area contributed by atoms with Gasteiger partial charge >= 0.3 is 0 Å². The van der Waals surface area contributed by atoms with Gasteiger partial charge in [0.2, 0.25) is 5.91 Å². The molecule has 0 saturated heterocycles. The van der Waals surface area contributed by atoms with Crippen LogP contribution in [-0.4, -0.2) is 48.0 Å². The first-order valence-electron chi connectivity index (χ1n) is 8.94. The van der Waals surface area contributed by atoms with Crippen LogP contribution in [0, 0.1) is 11.7 Å². The molecule has 12 heteroatoms. The van der Waals surface area contributed by atoms with E-state index in [2.05, 4.69) is 31.0 Å². The summed E-state index contributed by atoms with van der Waals surface area (Å²) in [5.41, 5.74) is 1.19. The second kappa shape index (κ2) is 8.16. The van der Waals surface area contributed by atoms with E-state index in [0.717, 1.165) is 4.88 Å². The van der Waals surface area contributed by atoms with E-state index in [9.17, 15) is 4.79 Å². The summed E-state index contributed by atoms with van der Waals surface area (Å²) in [6.07, 6.45) is 0. The van der Waals surface area contributed by atoms with Crippen LogP contribution < -0.4 is 10.1 Å². The standard InChI is InChI=1S/C18H18N8O2S2/c1-10(25-16(21-22-18(25)29)15-5-4-8-30-15)17(27)19-12-6-7-14(28-3)13(9-12)26-11(2)20-23-24-26/h4-10H,1-3H3,(H,19,27)(H,22,29). The van der Waals surface area contributed by atoms with Crippen LogP contribution in [0.25, 0.3) is 16.4 Å². The first-order chi connectivity index (χ1) is 14.5. The van der Waals surface area contributed by atoms with Crippen LogP contribution in [0.2, 0.25) is 0 Å². The number of thiophene rings is 1. The summed E-state index contributed by atoms with van der Waals surface area (Å²) < 4.78 is 9.02. The van der Waals surface area contributed by atoms with Gasteiger partial charge in [0.15, 0.2) is 16.4 Å². The summed E-state index contributed by atoms with van der Waals surface area (Å²) in [5.74, 6) is 1.55. The maximum atomic E-state index is 13.0. The van der Waals surface area contributed by atoms with Crippen LogP contribution in [0.1, 0.15) is 18.8 Å². The molecule has 0 spiro atoms. The maximum Gasteiger partial charge on any atom is 0.247 e. The predicted molar refractivity (Wildman–Crippen MR) is 115 cm³/mol. The number of H-pyrrole nitrogens is 1. The Balaban J connectivity index is 1.63. The van der Waals surface area contributed by atoms with Gasteiger partial charge in [0.25, 0.3) is 0 Å². The minimum Gasteiger partial charge on any atom is -0.494 e. The molecule has 0 bridgehead atoms. The van der Waals surface area contributed by atoms with Crippen molar-refractivity contribution in [3.8, 4) is 22.1 Å². The number of methoxy groups -OCH3 is 1. The number of aromatic nitrogens is 7. The molecule has 0 fully saturated rings. The number of hydrogen-bond acceptors (Lipinski definition) is 8. The largest absolute Gasteiger partial charge is 0.494 e. The predicted octanol–water partition coefficient (Wildman–Crippen LogP) is 3.16. The second-order valence-corrected chi connectivity index (χ2v) is 7.72. The molecule has 0 aliphatic rings. The summed E-state index contributed by atoms with van der Waals surface area (Å²) in [4.78, 5) is 13.9. The first kappa shape index (κ1) is 19.9. The van der Waals surface area contributed by atoms with Crippen LogP contribution >= 0.6 is 23.6 Å². The normalized spacial score (nSPS) is 12.0. The van der Waals surface area contributed by atoms with Crippen LogP contribution in [0.15, 0.2) is 35.7 Å². The average molecular weight is 443 g/mol. The van der Waals surface area contributed by atoms with Crippen molar-refractivity contribution in [2.24, 2.45) is 0 Å². The molecule has 154 valence electrons. The molecule has 0 radical (unpaired) electrons. The van der Waals surface area contributed by atoms with Crippen molar-refractivity contribution >= 4 is 35.1 Å². The fraction of sp³-hybridized carbons (Fsp3) is 0.222. The summed E-state index contributed by atoms with van der Waals surface area (Å²) in [5, 5.41) is 23.5. The van der Waals surface area contributed by atoms with Gasteiger partial charge in [-0.2, -0.15) is 9.78 Å². The number of benzene rings is 1. The summed E-state index contributed by atoms with van der Waals surface area (Å²) in [6.45, 7) is 3.55. The van der Waals surface area contributed by atoms with Crippen LogP contribution in [0.5, 0.6) is 5.75 Å². The Morgan fingerprint density at radius 2 is 2.20 bits per heavy atom. The highest BCUT2D eigenvalue weighted by Gasteiger charge is 2.22. The van der Waals surface area contributed by atoms with Crippen molar-refractivity contribution in [2.45, 2.75) is 19.9 Å². The highest BCUT2D eigenvalue weighted by atomic mass is 32.1. The highest BCUT2D eigenvalue weighted by molar-refractivity contribution is 7.71. The Labute approximate surface area is 180 Å². The number of ether oxygens (including phenoxy) is 1. The van der Waals surface area contributed by atoms with Gasteiger partial charge in [-0.05, 0) is 66.1 Å². The second-order valence-electron chi connectivity index (χ2n) is 6.39. The Morgan fingerprint density at radius 3 is 2.87 bits per heavy atom. The molecule has 4 aromatic rings. The van der Waals surface area contributed by atoms with Crippen molar-refractivity contribution in [2.75, 3.05) is 12.4 Å². The minimum atomic E-state index is -0.589. The Kier molecular flexibility index (Phi) is 5.42. The van der Waals surface area contributed by atoms with E-state index >= 15 is 0 Å². The number of nitrogens with zero attached hydrogens (tertiary/aromatic N) is 6. The molecule has 30 heavy (non-hydrogen) atoms. The number of aryl methyl sites for hydroxylation is 1. The zero-order valence-electron chi connectivity index (χ0n) is 16.4. The number of tetrazole rings is 1. The first-order valence-corrected chi connectivity index (χ1v) is 10.2. The number of amides is 1. The van der Waals surface area contributed by atoms with Gasteiger partial charge in [0, 0.05) is 5.69 Å². The van der Waals surface area contributed by atoms with Gasteiger partial charge in [-0.25, -0.2) is 0 Å². The van der Waals surface area contributed by atoms with Gasteiger partial charge in [0.1, 0.15) is 17.5 Å². The molecular formula is C18H18N8O2S2. The molecule has 0 aliphatic carbocycles. The lowest BCUT2D eigenvalue weighted by atomic mass is 10.2. The van der Waals surface area contributed by atoms with Gasteiger partial charge in [-0.3, -0.25) is 14.5 Å². The number of hydrogen-bond donors (Lipinski definition) is 2. The SMILES string of the molecule is COc1ccc(NC(=O)C(C)n2c(-c3cccs3)n[nH]c2=S)cc1-n1nnnc1C.